The molecular formula is C23H28N4O2. The molecule has 152 valence electrons. The van der Waals surface area contributed by atoms with Gasteiger partial charge in [-0.1, -0.05) is 25.1 Å². The van der Waals surface area contributed by atoms with Gasteiger partial charge >= 0.3 is 0 Å². The van der Waals surface area contributed by atoms with E-state index in [0.717, 1.165) is 62.8 Å². The van der Waals surface area contributed by atoms with Gasteiger partial charge in [0.1, 0.15) is 0 Å². The Labute approximate surface area is 172 Å². The van der Waals surface area contributed by atoms with E-state index in [4.69, 9.17) is 0 Å². The minimum absolute atomic E-state index is 0.124. The fourth-order valence-electron chi connectivity index (χ4n) is 4.09. The molecule has 1 N–H and O–H groups in total. The van der Waals surface area contributed by atoms with Crippen LogP contribution in [0.3, 0.4) is 0 Å². The van der Waals surface area contributed by atoms with Gasteiger partial charge in [0, 0.05) is 50.4 Å². The molecule has 0 aromatic heterocycles. The second-order valence-corrected chi connectivity index (χ2v) is 7.59. The average molecular weight is 393 g/mol. The molecule has 6 nitrogen and oxygen atoms in total. The van der Waals surface area contributed by atoms with E-state index in [1.807, 2.05) is 30.3 Å². The molecule has 2 aromatic rings. The van der Waals surface area contributed by atoms with Crippen LogP contribution in [-0.2, 0) is 4.79 Å². The van der Waals surface area contributed by atoms with E-state index >= 15 is 0 Å². The number of nitrogens with zero attached hydrogens (tertiary/aromatic N) is 3. The van der Waals surface area contributed by atoms with Crippen molar-refractivity contribution in [1.82, 2.24) is 4.90 Å². The first-order chi connectivity index (χ1) is 14.2. The van der Waals surface area contributed by atoms with Crippen molar-refractivity contribution in [3.8, 4) is 0 Å². The predicted octanol–water partition coefficient (Wildman–Crippen LogP) is 3.21. The minimum Gasteiger partial charge on any atom is -0.367 e. The second kappa shape index (κ2) is 8.66. The van der Waals surface area contributed by atoms with Gasteiger partial charge in [-0.3, -0.25) is 9.59 Å². The summed E-state index contributed by atoms with van der Waals surface area (Å²) in [4.78, 5) is 31.5. The minimum atomic E-state index is -0.154. The molecule has 2 amide bonds. The Morgan fingerprint density at radius 1 is 1.00 bits per heavy atom. The average Bonchev–Trinajstić information content (AvgIpc) is 3.20. The number of nitrogens with one attached hydrogen (secondary N) is 1. The Morgan fingerprint density at radius 3 is 2.52 bits per heavy atom. The molecule has 2 aliphatic rings. The number of anilines is 3. The van der Waals surface area contributed by atoms with Gasteiger partial charge in [-0.05, 0) is 43.3 Å². The lowest BCUT2D eigenvalue weighted by molar-refractivity contribution is -0.117. The van der Waals surface area contributed by atoms with Gasteiger partial charge in [0.15, 0.2) is 0 Å². The number of rotatable bonds is 5. The van der Waals surface area contributed by atoms with Crippen LogP contribution in [0, 0.1) is 0 Å². The van der Waals surface area contributed by atoms with E-state index in [9.17, 15) is 9.59 Å². The molecule has 0 aliphatic carbocycles. The highest BCUT2D eigenvalue weighted by atomic mass is 16.2. The molecule has 2 saturated heterocycles. The monoisotopic (exact) mass is 392 g/mol. The van der Waals surface area contributed by atoms with Crippen LogP contribution in [0.25, 0.3) is 0 Å². The highest BCUT2D eigenvalue weighted by Gasteiger charge is 2.23. The van der Waals surface area contributed by atoms with Gasteiger partial charge < -0.3 is 20.0 Å². The van der Waals surface area contributed by atoms with Crippen LogP contribution in [0.1, 0.15) is 30.1 Å². The van der Waals surface area contributed by atoms with Crippen molar-refractivity contribution in [2.45, 2.75) is 19.8 Å². The molecular weight excluding hydrogens is 364 g/mol. The maximum Gasteiger partial charge on any atom is 0.255 e. The molecule has 29 heavy (non-hydrogen) atoms. The lowest BCUT2D eigenvalue weighted by atomic mass is 10.1. The number of carbonyl (C=O) groups excluding carboxylic acids is 2. The van der Waals surface area contributed by atoms with Crippen LogP contribution in [0.4, 0.5) is 17.1 Å². The van der Waals surface area contributed by atoms with E-state index in [1.54, 1.807) is 17.0 Å². The smallest absolute Gasteiger partial charge is 0.255 e. The van der Waals surface area contributed by atoms with Crippen molar-refractivity contribution in [2.75, 3.05) is 54.4 Å². The summed E-state index contributed by atoms with van der Waals surface area (Å²) in [6.45, 7) is 7.95. The van der Waals surface area contributed by atoms with Crippen molar-refractivity contribution in [3.05, 3.63) is 54.1 Å². The Kier molecular flexibility index (Phi) is 5.81. The van der Waals surface area contributed by atoms with Crippen molar-refractivity contribution in [3.63, 3.8) is 0 Å². The third kappa shape index (κ3) is 4.27. The van der Waals surface area contributed by atoms with E-state index in [0.29, 0.717) is 12.0 Å². The summed E-state index contributed by atoms with van der Waals surface area (Å²) in [6.07, 6.45) is 1.45. The first-order valence-electron chi connectivity index (χ1n) is 10.4. The SMILES string of the molecule is CCN1CCN(c2ccccc2NC(=O)c2cccc(N3CCCC3=O)c2)CC1. The molecule has 0 spiro atoms. The Bertz CT molecular complexity index is 890. The largest absolute Gasteiger partial charge is 0.367 e. The topological polar surface area (TPSA) is 55.9 Å². The lowest BCUT2D eigenvalue weighted by Crippen LogP contribution is -2.46. The fourth-order valence-corrected chi connectivity index (χ4v) is 4.09. The number of hydrogen-bond donors (Lipinski definition) is 1. The molecule has 2 fully saturated rings. The summed E-state index contributed by atoms with van der Waals surface area (Å²) in [5.74, 6) is -0.0303. The molecule has 2 heterocycles. The van der Waals surface area contributed by atoms with E-state index in [1.165, 1.54) is 0 Å². The Morgan fingerprint density at radius 2 is 1.79 bits per heavy atom. The van der Waals surface area contributed by atoms with Gasteiger partial charge in [0.05, 0.1) is 11.4 Å². The predicted molar refractivity (Wildman–Crippen MR) is 117 cm³/mol. The van der Waals surface area contributed by atoms with Crippen LogP contribution in [0.15, 0.2) is 48.5 Å². The van der Waals surface area contributed by atoms with Crippen molar-refractivity contribution < 1.29 is 9.59 Å². The van der Waals surface area contributed by atoms with Crippen molar-refractivity contribution in [1.29, 1.82) is 0 Å². The summed E-state index contributed by atoms with van der Waals surface area (Å²) < 4.78 is 0. The summed E-state index contributed by atoms with van der Waals surface area (Å²) in [6, 6.07) is 15.3. The van der Waals surface area contributed by atoms with Gasteiger partial charge in [-0.2, -0.15) is 0 Å². The molecule has 2 aromatic carbocycles. The van der Waals surface area contributed by atoms with Gasteiger partial charge in [0.25, 0.3) is 5.91 Å². The van der Waals surface area contributed by atoms with Crippen LogP contribution in [0.2, 0.25) is 0 Å². The van der Waals surface area contributed by atoms with Gasteiger partial charge in [-0.15, -0.1) is 0 Å². The quantitative estimate of drug-likeness (QED) is 0.849. The standard InChI is InChI=1S/C23H28N4O2/c1-2-25-13-15-26(16-14-25)21-10-4-3-9-20(21)24-23(29)18-7-5-8-19(17-18)27-12-6-11-22(27)28/h3-5,7-10,17H,2,6,11-16H2,1H3,(H,24,29). The molecule has 0 radical (unpaired) electrons. The zero-order chi connectivity index (χ0) is 20.2. The van der Waals surface area contributed by atoms with Crippen LogP contribution in [0.5, 0.6) is 0 Å². The van der Waals surface area contributed by atoms with Crippen molar-refractivity contribution in [2.24, 2.45) is 0 Å². The van der Waals surface area contributed by atoms with Gasteiger partial charge in [-0.25, -0.2) is 0 Å². The third-order valence-electron chi connectivity index (χ3n) is 5.81. The van der Waals surface area contributed by atoms with E-state index < -0.39 is 0 Å². The number of amides is 2. The number of likely N-dealkylation sites (N-methyl/N-ethyl adjacent to an activating group) is 1. The van der Waals surface area contributed by atoms with E-state index in [-0.39, 0.29) is 11.8 Å². The number of carbonyl (C=O) groups is 2. The summed E-state index contributed by atoms with van der Waals surface area (Å²) in [5.41, 5.74) is 3.24. The highest BCUT2D eigenvalue weighted by Crippen LogP contribution is 2.28. The number of para-hydroxylation sites is 2. The fraction of sp³-hybridized carbons (Fsp3) is 0.391. The van der Waals surface area contributed by atoms with Crippen LogP contribution >= 0.6 is 0 Å². The zero-order valence-corrected chi connectivity index (χ0v) is 16.9. The molecule has 6 heteroatoms. The molecule has 4 rings (SSSR count). The molecule has 0 bridgehead atoms. The van der Waals surface area contributed by atoms with Gasteiger partial charge in [0.2, 0.25) is 5.91 Å². The summed E-state index contributed by atoms with van der Waals surface area (Å²) >= 11 is 0. The Hall–Kier alpha value is -2.86. The van der Waals surface area contributed by atoms with Crippen molar-refractivity contribution >= 4 is 28.9 Å². The molecule has 0 atom stereocenters. The summed E-state index contributed by atoms with van der Waals surface area (Å²) in [7, 11) is 0. The Balaban J connectivity index is 1.50. The summed E-state index contributed by atoms with van der Waals surface area (Å²) in [5, 5.41) is 3.08. The number of benzene rings is 2. The maximum atomic E-state index is 13.0. The highest BCUT2D eigenvalue weighted by molar-refractivity contribution is 6.07. The first-order valence-corrected chi connectivity index (χ1v) is 10.4. The number of piperazine rings is 1. The first kappa shape index (κ1) is 19.5. The maximum absolute atomic E-state index is 13.0. The van der Waals surface area contributed by atoms with Crippen LogP contribution < -0.4 is 15.1 Å². The third-order valence-corrected chi connectivity index (χ3v) is 5.81. The number of hydrogen-bond acceptors (Lipinski definition) is 4. The van der Waals surface area contributed by atoms with E-state index in [2.05, 4.69) is 28.1 Å². The van der Waals surface area contributed by atoms with Crippen LogP contribution in [-0.4, -0.2) is 56.0 Å². The normalized spacial score (nSPS) is 17.6. The second-order valence-electron chi connectivity index (χ2n) is 7.59. The lowest BCUT2D eigenvalue weighted by Gasteiger charge is -2.36. The zero-order valence-electron chi connectivity index (χ0n) is 16.9. The molecule has 0 unspecified atom stereocenters. The molecule has 0 saturated carbocycles. The molecule has 2 aliphatic heterocycles.